The topological polar surface area (TPSA) is 44.9 Å². The Morgan fingerprint density at radius 2 is 1.91 bits per heavy atom. The molecule has 118 valence electrons. The molecule has 0 radical (unpaired) electrons. The number of carbonyl (C=O) groups is 1. The number of aromatic nitrogens is 1. The van der Waals surface area contributed by atoms with Crippen molar-refractivity contribution in [3.05, 3.63) is 65.4 Å². The first-order valence-corrected chi connectivity index (χ1v) is 8.68. The van der Waals surface area contributed by atoms with Crippen molar-refractivity contribution in [1.82, 2.24) is 10.3 Å². The van der Waals surface area contributed by atoms with Gasteiger partial charge in [-0.25, -0.2) is 0 Å². The monoisotopic (exact) mass is 324 g/mol. The highest BCUT2D eigenvalue weighted by atomic mass is 32.2. The summed E-state index contributed by atoms with van der Waals surface area (Å²) in [5.41, 5.74) is 4.14. The zero-order chi connectivity index (χ0) is 16.2. The summed E-state index contributed by atoms with van der Waals surface area (Å²) in [5.74, 6) is 0.846. The number of aromatic amines is 1. The van der Waals surface area contributed by atoms with Crippen LogP contribution in [0.3, 0.4) is 0 Å². The van der Waals surface area contributed by atoms with Crippen molar-refractivity contribution in [2.45, 2.75) is 18.7 Å². The molecule has 2 N–H and O–H groups in total. The van der Waals surface area contributed by atoms with Gasteiger partial charge in [0, 0.05) is 39.4 Å². The minimum absolute atomic E-state index is 0.0150. The lowest BCUT2D eigenvalue weighted by Gasteiger charge is -2.06. The predicted octanol–water partition coefficient (Wildman–Crippen LogP) is 4.31. The lowest BCUT2D eigenvalue weighted by molar-refractivity contribution is 0.0956. The molecule has 1 heterocycles. The molecular formula is C19H20N2OS. The van der Waals surface area contributed by atoms with Gasteiger partial charge in [-0.1, -0.05) is 18.2 Å². The van der Waals surface area contributed by atoms with Crippen LogP contribution in [-0.4, -0.2) is 23.2 Å². The molecule has 1 amide bonds. The highest BCUT2D eigenvalue weighted by molar-refractivity contribution is 7.99. The lowest BCUT2D eigenvalue weighted by atomic mass is 10.1. The van der Waals surface area contributed by atoms with Crippen molar-refractivity contribution in [3.8, 4) is 0 Å². The first-order valence-electron chi connectivity index (χ1n) is 7.70. The average molecular weight is 324 g/mol. The van der Waals surface area contributed by atoms with Crippen molar-refractivity contribution < 1.29 is 4.79 Å². The van der Waals surface area contributed by atoms with Crippen LogP contribution in [0.15, 0.2) is 53.4 Å². The molecular weight excluding hydrogens is 304 g/mol. The van der Waals surface area contributed by atoms with Crippen molar-refractivity contribution in [2.24, 2.45) is 0 Å². The molecule has 3 rings (SSSR count). The Hall–Kier alpha value is -2.20. The standard InChI is InChI=1S/C19H20N2OS/c1-13-14(2)21-18-9-8-15(12-17(13)18)19(22)20-10-11-23-16-6-4-3-5-7-16/h3-9,12,21H,10-11H2,1-2H3,(H,20,22). The number of rotatable bonds is 5. The molecule has 0 saturated heterocycles. The van der Waals surface area contributed by atoms with Gasteiger partial charge in [-0.15, -0.1) is 11.8 Å². The number of thioether (sulfide) groups is 1. The molecule has 0 aliphatic rings. The number of aryl methyl sites for hydroxylation is 2. The molecule has 2 aromatic carbocycles. The molecule has 0 fully saturated rings. The van der Waals surface area contributed by atoms with Crippen LogP contribution < -0.4 is 5.32 Å². The van der Waals surface area contributed by atoms with Gasteiger partial charge in [0.1, 0.15) is 0 Å². The maximum absolute atomic E-state index is 12.3. The van der Waals surface area contributed by atoms with Crippen LogP contribution >= 0.6 is 11.8 Å². The minimum atomic E-state index is -0.0150. The second-order valence-electron chi connectivity index (χ2n) is 5.55. The molecule has 4 heteroatoms. The van der Waals surface area contributed by atoms with E-state index < -0.39 is 0 Å². The van der Waals surface area contributed by atoms with Gasteiger partial charge in [0.05, 0.1) is 0 Å². The van der Waals surface area contributed by atoms with E-state index >= 15 is 0 Å². The molecule has 0 atom stereocenters. The number of carbonyl (C=O) groups excluding carboxylic acids is 1. The summed E-state index contributed by atoms with van der Waals surface area (Å²) in [6.45, 7) is 4.78. The fourth-order valence-electron chi connectivity index (χ4n) is 2.55. The van der Waals surface area contributed by atoms with Crippen molar-refractivity contribution in [2.75, 3.05) is 12.3 Å². The summed E-state index contributed by atoms with van der Waals surface area (Å²) in [6.07, 6.45) is 0. The smallest absolute Gasteiger partial charge is 0.251 e. The van der Waals surface area contributed by atoms with E-state index in [1.165, 1.54) is 10.5 Å². The molecule has 0 aliphatic carbocycles. The quantitative estimate of drug-likeness (QED) is 0.543. The van der Waals surface area contributed by atoms with E-state index in [1.807, 2.05) is 36.4 Å². The number of nitrogens with one attached hydrogen (secondary N) is 2. The largest absolute Gasteiger partial charge is 0.358 e. The first kappa shape index (κ1) is 15.7. The minimum Gasteiger partial charge on any atom is -0.358 e. The van der Waals surface area contributed by atoms with Crippen LogP contribution in [0.25, 0.3) is 10.9 Å². The third-order valence-electron chi connectivity index (χ3n) is 3.97. The number of benzene rings is 2. The van der Waals surface area contributed by atoms with Gasteiger partial charge in [-0.2, -0.15) is 0 Å². The summed E-state index contributed by atoms with van der Waals surface area (Å²) in [7, 11) is 0. The average Bonchev–Trinajstić information content (AvgIpc) is 2.86. The van der Waals surface area contributed by atoms with E-state index in [0.717, 1.165) is 22.3 Å². The Morgan fingerprint density at radius 1 is 1.13 bits per heavy atom. The van der Waals surface area contributed by atoms with Crippen LogP contribution in [0.4, 0.5) is 0 Å². The van der Waals surface area contributed by atoms with Gasteiger partial charge < -0.3 is 10.3 Å². The van der Waals surface area contributed by atoms with Crippen molar-refractivity contribution in [1.29, 1.82) is 0 Å². The summed E-state index contributed by atoms with van der Waals surface area (Å²) in [5, 5.41) is 4.11. The van der Waals surface area contributed by atoms with Gasteiger partial charge in [-0.05, 0) is 49.7 Å². The number of amides is 1. The van der Waals surface area contributed by atoms with Crippen molar-refractivity contribution in [3.63, 3.8) is 0 Å². The van der Waals surface area contributed by atoms with E-state index in [9.17, 15) is 4.79 Å². The van der Waals surface area contributed by atoms with Crippen LogP contribution in [0.1, 0.15) is 21.6 Å². The van der Waals surface area contributed by atoms with Gasteiger partial charge in [-0.3, -0.25) is 4.79 Å². The van der Waals surface area contributed by atoms with Crippen LogP contribution in [0.2, 0.25) is 0 Å². The molecule has 0 unspecified atom stereocenters. The Labute approximate surface area is 140 Å². The molecule has 0 spiro atoms. The molecule has 0 bridgehead atoms. The summed E-state index contributed by atoms with van der Waals surface area (Å²) < 4.78 is 0. The Kier molecular flexibility index (Phi) is 4.72. The van der Waals surface area contributed by atoms with E-state index in [4.69, 9.17) is 0 Å². The Morgan fingerprint density at radius 3 is 2.70 bits per heavy atom. The summed E-state index contributed by atoms with van der Waals surface area (Å²) in [6, 6.07) is 16.0. The van der Waals surface area contributed by atoms with Crippen LogP contribution in [0.5, 0.6) is 0 Å². The molecule has 3 nitrogen and oxygen atoms in total. The maximum Gasteiger partial charge on any atom is 0.251 e. The van der Waals surface area contributed by atoms with E-state index in [0.29, 0.717) is 12.1 Å². The predicted molar refractivity (Wildman–Crippen MR) is 97.3 cm³/mol. The second-order valence-corrected chi connectivity index (χ2v) is 6.72. The molecule has 0 aliphatic heterocycles. The van der Waals surface area contributed by atoms with Crippen LogP contribution in [0, 0.1) is 13.8 Å². The maximum atomic E-state index is 12.3. The normalized spacial score (nSPS) is 10.9. The fourth-order valence-corrected chi connectivity index (χ4v) is 3.34. The molecule has 23 heavy (non-hydrogen) atoms. The van der Waals surface area contributed by atoms with E-state index in [1.54, 1.807) is 11.8 Å². The number of fused-ring (bicyclic) bond motifs is 1. The number of hydrogen-bond donors (Lipinski definition) is 2. The zero-order valence-corrected chi connectivity index (χ0v) is 14.2. The highest BCUT2D eigenvalue weighted by Crippen LogP contribution is 2.22. The Bertz CT molecular complexity index is 824. The van der Waals surface area contributed by atoms with Crippen molar-refractivity contribution >= 4 is 28.6 Å². The van der Waals surface area contributed by atoms with E-state index in [2.05, 4.69) is 36.3 Å². The van der Waals surface area contributed by atoms with Gasteiger partial charge in [0.2, 0.25) is 0 Å². The highest BCUT2D eigenvalue weighted by Gasteiger charge is 2.09. The second kappa shape index (κ2) is 6.92. The third kappa shape index (κ3) is 3.59. The summed E-state index contributed by atoms with van der Waals surface area (Å²) >= 11 is 1.75. The van der Waals surface area contributed by atoms with Gasteiger partial charge in [0.15, 0.2) is 0 Å². The number of hydrogen-bond acceptors (Lipinski definition) is 2. The van der Waals surface area contributed by atoms with Crippen LogP contribution in [-0.2, 0) is 0 Å². The van der Waals surface area contributed by atoms with E-state index in [-0.39, 0.29) is 5.91 Å². The number of H-pyrrole nitrogens is 1. The fraction of sp³-hybridized carbons (Fsp3) is 0.211. The first-order chi connectivity index (χ1) is 11.1. The third-order valence-corrected chi connectivity index (χ3v) is 4.98. The van der Waals surface area contributed by atoms with Gasteiger partial charge >= 0.3 is 0 Å². The van der Waals surface area contributed by atoms with Gasteiger partial charge in [0.25, 0.3) is 5.91 Å². The Balaban J connectivity index is 1.59. The molecule has 0 saturated carbocycles. The SMILES string of the molecule is Cc1[nH]c2ccc(C(=O)NCCSc3ccccc3)cc2c1C. The molecule has 3 aromatic rings. The lowest BCUT2D eigenvalue weighted by Crippen LogP contribution is -2.25. The zero-order valence-electron chi connectivity index (χ0n) is 13.3. The molecule has 1 aromatic heterocycles. The summed E-state index contributed by atoms with van der Waals surface area (Å²) in [4.78, 5) is 16.8.